The number of carbonyl (C=O) groups excluding carboxylic acids is 2. The third-order valence-corrected chi connectivity index (χ3v) is 5.54. The summed E-state index contributed by atoms with van der Waals surface area (Å²) in [5.74, 6) is 0.322. The van der Waals surface area contributed by atoms with Gasteiger partial charge in [-0.15, -0.1) is 0 Å². The Bertz CT molecular complexity index is 563. The number of methoxy groups -OCH3 is 1. The van der Waals surface area contributed by atoms with Crippen molar-refractivity contribution < 1.29 is 14.3 Å². The van der Waals surface area contributed by atoms with E-state index >= 15 is 0 Å². The van der Waals surface area contributed by atoms with E-state index in [1.165, 1.54) is 0 Å². The van der Waals surface area contributed by atoms with E-state index in [1.807, 2.05) is 26.6 Å². The fourth-order valence-electron chi connectivity index (χ4n) is 3.51. The Labute approximate surface area is 147 Å². The number of rotatable bonds is 5. The summed E-state index contributed by atoms with van der Waals surface area (Å²) in [6, 6.07) is 1.85. The molecule has 2 fully saturated rings. The predicted molar refractivity (Wildman–Crippen MR) is 93.3 cm³/mol. The van der Waals surface area contributed by atoms with Crippen LogP contribution < -0.4 is 0 Å². The highest BCUT2D eigenvalue weighted by atomic mass is 32.1. The van der Waals surface area contributed by atoms with Crippen LogP contribution in [0.25, 0.3) is 0 Å². The lowest BCUT2D eigenvalue weighted by Gasteiger charge is -2.26. The molecule has 2 amide bonds. The summed E-state index contributed by atoms with van der Waals surface area (Å²) < 4.78 is 5.08. The van der Waals surface area contributed by atoms with Gasteiger partial charge in [-0.05, 0) is 24.3 Å². The van der Waals surface area contributed by atoms with Crippen LogP contribution in [-0.4, -0.2) is 85.5 Å². The average molecular weight is 351 g/mol. The van der Waals surface area contributed by atoms with Crippen LogP contribution in [0.2, 0.25) is 0 Å². The Balaban J connectivity index is 1.56. The van der Waals surface area contributed by atoms with Gasteiger partial charge >= 0.3 is 0 Å². The van der Waals surface area contributed by atoms with E-state index in [1.54, 1.807) is 18.4 Å². The van der Waals surface area contributed by atoms with E-state index in [4.69, 9.17) is 4.74 Å². The Hall–Kier alpha value is -1.44. The standard InChI is InChI=1S/C17H25N3O3S/c1-23-11-10-20-7-3-15(17(20)22)18-5-2-6-19(9-8-18)16(21)14-4-12-24-13-14/h4,12-13,15H,2-3,5-11H2,1H3/t15-/m1/s1. The summed E-state index contributed by atoms with van der Waals surface area (Å²) in [7, 11) is 1.66. The van der Waals surface area contributed by atoms with Crippen LogP contribution in [0.1, 0.15) is 23.2 Å². The van der Waals surface area contributed by atoms with Crippen LogP contribution in [0.4, 0.5) is 0 Å². The van der Waals surface area contributed by atoms with Crippen molar-refractivity contribution in [2.75, 3.05) is 53.0 Å². The number of hydrogen-bond acceptors (Lipinski definition) is 5. The van der Waals surface area contributed by atoms with E-state index in [0.29, 0.717) is 19.7 Å². The van der Waals surface area contributed by atoms with Crippen LogP contribution in [0.5, 0.6) is 0 Å². The fraction of sp³-hybridized carbons (Fsp3) is 0.647. The minimum absolute atomic E-state index is 0.0296. The van der Waals surface area contributed by atoms with Gasteiger partial charge in [0.15, 0.2) is 0 Å². The molecule has 1 aromatic heterocycles. The molecule has 6 nitrogen and oxygen atoms in total. The summed E-state index contributed by atoms with van der Waals surface area (Å²) >= 11 is 1.55. The second kappa shape index (κ2) is 8.09. The van der Waals surface area contributed by atoms with Gasteiger partial charge in [0, 0.05) is 51.8 Å². The first-order chi connectivity index (χ1) is 11.7. The van der Waals surface area contributed by atoms with Crippen molar-refractivity contribution in [2.45, 2.75) is 18.9 Å². The van der Waals surface area contributed by atoms with E-state index < -0.39 is 0 Å². The van der Waals surface area contributed by atoms with Crippen molar-refractivity contribution in [2.24, 2.45) is 0 Å². The molecule has 24 heavy (non-hydrogen) atoms. The van der Waals surface area contributed by atoms with Gasteiger partial charge in [0.05, 0.1) is 18.2 Å². The second-order valence-electron chi connectivity index (χ2n) is 6.32. The number of ether oxygens (including phenoxy) is 1. The van der Waals surface area contributed by atoms with Gasteiger partial charge in [-0.1, -0.05) is 0 Å². The molecule has 0 saturated carbocycles. The molecule has 0 N–H and O–H groups in total. The molecular weight excluding hydrogens is 326 g/mol. The zero-order chi connectivity index (χ0) is 16.9. The van der Waals surface area contributed by atoms with Crippen LogP contribution in [0, 0.1) is 0 Å². The SMILES string of the molecule is COCCN1CC[C@@H](N2CCCN(C(=O)c3ccsc3)CC2)C1=O. The maximum absolute atomic E-state index is 12.6. The van der Waals surface area contributed by atoms with Gasteiger partial charge in [0.2, 0.25) is 5.91 Å². The van der Waals surface area contributed by atoms with Crippen LogP contribution in [0.3, 0.4) is 0 Å². The largest absolute Gasteiger partial charge is 0.383 e. The molecule has 2 aliphatic rings. The predicted octanol–water partition coefficient (Wildman–Crippen LogP) is 1.14. The van der Waals surface area contributed by atoms with Gasteiger partial charge in [-0.3, -0.25) is 14.5 Å². The van der Waals surface area contributed by atoms with Crippen molar-refractivity contribution in [3.63, 3.8) is 0 Å². The Morgan fingerprint density at radius 1 is 1.29 bits per heavy atom. The minimum atomic E-state index is -0.0296. The maximum Gasteiger partial charge on any atom is 0.254 e. The summed E-state index contributed by atoms with van der Waals surface area (Å²) in [5.41, 5.74) is 0.774. The highest BCUT2D eigenvalue weighted by Crippen LogP contribution is 2.20. The maximum atomic E-state index is 12.6. The molecule has 0 spiro atoms. The molecule has 3 heterocycles. The highest BCUT2D eigenvalue weighted by Gasteiger charge is 2.36. The Morgan fingerprint density at radius 2 is 2.17 bits per heavy atom. The average Bonchev–Trinajstić information content (AvgIpc) is 3.17. The van der Waals surface area contributed by atoms with E-state index in [9.17, 15) is 9.59 Å². The molecule has 132 valence electrons. The molecule has 0 aliphatic carbocycles. The fourth-order valence-corrected chi connectivity index (χ4v) is 4.14. The van der Waals surface area contributed by atoms with Crippen LogP contribution in [-0.2, 0) is 9.53 Å². The molecule has 0 unspecified atom stereocenters. The molecule has 0 aromatic carbocycles. The molecule has 2 aliphatic heterocycles. The zero-order valence-electron chi connectivity index (χ0n) is 14.1. The van der Waals surface area contributed by atoms with Gasteiger partial charge in [-0.2, -0.15) is 11.3 Å². The number of amides is 2. The number of likely N-dealkylation sites (tertiary alicyclic amines) is 1. The lowest BCUT2D eigenvalue weighted by Crippen LogP contribution is -2.44. The van der Waals surface area contributed by atoms with Crippen LogP contribution in [0.15, 0.2) is 16.8 Å². The Kier molecular flexibility index (Phi) is 5.86. The zero-order valence-corrected chi connectivity index (χ0v) is 15.0. The van der Waals surface area contributed by atoms with Gasteiger partial charge in [0.1, 0.15) is 0 Å². The second-order valence-corrected chi connectivity index (χ2v) is 7.10. The van der Waals surface area contributed by atoms with Crippen molar-refractivity contribution in [1.82, 2.24) is 14.7 Å². The Morgan fingerprint density at radius 3 is 2.92 bits per heavy atom. The molecule has 7 heteroatoms. The van der Waals surface area contributed by atoms with Gasteiger partial charge in [-0.25, -0.2) is 0 Å². The number of hydrogen-bond donors (Lipinski definition) is 0. The molecule has 1 aromatic rings. The topological polar surface area (TPSA) is 53.1 Å². The number of carbonyl (C=O) groups is 2. The molecule has 1 atom stereocenters. The highest BCUT2D eigenvalue weighted by molar-refractivity contribution is 7.08. The van der Waals surface area contributed by atoms with Crippen molar-refractivity contribution in [3.8, 4) is 0 Å². The first kappa shape index (κ1) is 17.4. The lowest BCUT2D eigenvalue weighted by molar-refractivity contribution is -0.132. The number of nitrogens with zero attached hydrogens (tertiary/aromatic N) is 3. The molecule has 3 rings (SSSR count). The van der Waals surface area contributed by atoms with Crippen molar-refractivity contribution in [3.05, 3.63) is 22.4 Å². The van der Waals surface area contributed by atoms with Crippen LogP contribution >= 0.6 is 11.3 Å². The quantitative estimate of drug-likeness (QED) is 0.798. The molecular formula is C17H25N3O3S. The minimum Gasteiger partial charge on any atom is -0.383 e. The first-order valence-electron chi connectivity index (χ1n) is 8.54. The molecule has 0 bridgehead atoms. The van der Waals surface area contributed by atoms with E-state index in [-0.39, 0.29) is 17.9 Å². The van der Waals surface area contributed by atoms with Crippen molar-refractivity contribution in [1.29, 1.82) is 0 Å². The van der Waals surface area contributed by atoms with Crippen molar-refractivity contribution >= 4 is 23.2 Å². The monoisotopic (exact) mass is 351 g/mol. The third kappa shape index (κ3) is 3.79. The van der Waals surface area contributed by atoms with Gasteiger partial charge < -0.3 is 14.5 Å². The molecule has 2 saturated heterocycles. The summed E-state index contributed by atoms with van der Waals surface area (Å²) in [6.07, 6.45) is 1.79. The van der Waals surface area contributed by atoms with E-state index in [2.05, 4.69) is 4.90 Å². The smallest absolute Gasteiger partial charge is 0.254 e. The summed E-state index contributed by atoms with van der Waals surface area (Å²) in [5, 5.41) is 3.84. The summed E-state index contributed by atoms with van der Waals surface area (Å²) in [4.78, 5) is 31.2. The third-order valence-electron chi connectivity index (χ3n) is 4.86. The molecule has 0 radical (unpaired) electrons. The first-order valence-corrected chi connectivity index (χ1v) is 9.48. The van der Waals surface area contributed by atoms with Gasteiger partial charge in [0.25, 0.3) is 5.91 Å². The summed E-state index contributed by atoms with van der Waals surface area (Å²) in [6.45, 7) is 5.16. The number of thiophene rings is 1. The normalized spacial score (nSPS) is 22.9. The lowest BCUT2D eigenvalue weighted by atomic mass is 10.2. The van der Waals surface area contributed by atoms with E-state index in [0.717, 1.165) is 44.6 Å².